The van der Waals surface area contributed by atoms with Gasteiger partial charge in [-0.05, 0) is 34.1 Å². The van der Waals surface area contributed by atoms with Crippen LogP contribution >= 0.6 is 15.9 Å². The first kappa shape index (κ1) is 14.9. The van der Waals surface area contributed by atoms with Crippen LogP contribution in [-0.4, -0.2) is 23.0 Å². The molecule has 2 rings (SSSR count). The van der Waals surface area contributed by atoms with Gasteiger partial charge in [0, 0.05) is 22.4 Å². The van der Waals surface area contributed by atoms with Crippen LogP contribution in [0.25, 0.3) is 0 Å². The third kappa shape index (κ3) is 3.54. The number of pyridine rings is 1. The van der Waals surface area contributed by atoms with Crippen LogP contribution in [-0.2, 0) is 4.74 Å². The number of benzene rings is 1. The van der Waals surface area contributed by atoms with Crippen molar-refractivity contribution in [2.45, 2.75) is 0 Å². The lowest BCUT2D eigenvalue weighted by Crippen LogP contribution is -2.03. The summed E-state index contributed by atoms with van der Waals surface area (Å²) in [5, 5.41) is 13.8. The molecule has 2 aromatic rings. The van der Waals surface area contributed by atoms with Crippen molar-refractivity contribution in [2.75, 3.05) is 12.4 Å². The van der Waals surface area contributed by atoms with Crippen LogP contribution in [0.4, 0.5) is 17.2 Å². The van der Waals surface area contributed by atoms with E-state index in [-0.39, 0.29) is 11.5 Å². The molecule has 0 radical (unpaired) electrons. The van der Waals surface area contributed by atoms with Gasteiger partial charge >= 0.3 is 11.7 Å². The number of carbonyl (C=O) groups is 1. The van der Waals surface area contributed by atoms with E-state index in [2.05, 4.69) is 31.0 Å². The molecule has 0 aliphatic heterocycles. The molecule has 0 amide bonds. The number of esters is 1. The lowest BCUT2D eigenvalue weighted by atomic mass is 10.2. The Hall–Kier alpha value is -2.48. The Morgan fingerprint density at radius 2 is 2.19 bits per heavy atom. The first-order valence-corrected chi connectivity index (χ1v) is 6.56. The lowest BCUT2D eigenvalue weighted by Gasteiger charge is -2.07. The maximum absolute atomic E-state index is 11.5. The summed E-state index contributed by atoms with van der Waals surface area (Å²) >= 11 is 3.13. The molecule has 0 saturated heterocycles. The van der Waals surface area contributed by atoms with Crippen LogP contribution in [0.3, 0.4) is 0 Å². The van der Waals surface area contributed by atoms with E-state index >= 15 is 0 Å². The molecule has 0 atom stereocenters. The zero-order valence-corrected chi connectivity index (χ0v) is 12.5. The van der Waals surface area contributed by atoms with Crippen LogP contribution in [0.1, 0.15) is 10.4 Å². The number of anilines is 2. The number of methoxy groups -OCH3 is 1. The van der Waals surface area contributed by atoms with E-state index in [1.54, 1.807) is 18.2 Å². The zero-order chi connectivity index (χ0) is 15.4. The van der Waals surface area contributed by atoms with E-state index in [9.17, 15) is 14.9 Å². The van der Waals surface area contributed by atoms with Gasteiger partial charge in [0.15, 0.2) is 0 Å². The van der Waals surface area contributed by atoms with Crippen molar-refractivity contribution in [3.63, 3.8) is 0 Å². The number of hydrogen-bond acceptors (Lipinski definition) is 6. The van der Waals surface area contributed by atoms with Gasteiger partial charge in [0.05, 0.1) is 17.6 Å². The van der Waals surface area contributed by atoms with Gasteiger partial charge in [-0.3, -0.25) is 10.1 Å². The number of ether oxygens (including phenoxy) is 1. The summed E-state index contributed by atoms with van der Waals surface area (Å²) in [5.41, 5.74) is 0.658. The minimum absolute atomic E-state index is 0.0882. The second kappa shape index (κ2) is 6.31. The molecule has 21 heavy (non-hydrogen) atoms. The maximum atomic E-state index is 11.5. The highest BCUT2D eigenvalue weighted by Gasteiger charge is 2.16. The summed E-state index contributed by atoms with van der Waals surface area (Å²) in [6.07, 6.45) is 1.44. The molecule has 0 bridgehead atoms. The molecule has 108 valence electrons. The zero-order valence-electron chi connectivity index (χ0n) is 10.9. The Morgan fingerprint density at radius 1 is 1.43 bits per heavy atom. The fraction of sp³-hybridized carbons (Fsp3) is 0.0769. The summed E-state index contributed by atoms with van der Waals surface area (Å²) in [4.78, 5) is 25.9. The molecule has 8 heteroatoms. The molecule has 1 N–H and O–H groups in total. The van der Waals surface area contributed by atoms with Crippen LogP contribution < -0.4 is 5.32 Å². The fourth-order valence-corrected chi connectivity index (χ4v) is 1.96. The first-order valence-electron chi connectivity index (χ1n) is 5.76. The summed E-state index contributed by atoms with van der Waals surface area (Å²) in [5.74, 6) is -0.401. The minimum atomic E-state index is -0.537. The van der Waals surface area contributed by atoms with Crippen molar-refractivity contribution in [3.8, 4) is 0 Å². The molecule has 1 aromatic carbocycles. The topological polar surface area (TPSA) is 94.4 Å². The van der Waals surface area contributed by atoms with Crippen molar-refractivity contribution in [2.24, 2.45) is 0 Å². The standard InChI is InChI=1S/C13H10BrN3O4/c1-21-13(18)8-3-2-4-10(5-8)16-12-11(17(19)20)6-9(14)7-15-12/h2-7H,1H3,(H,15,16). The van der Waals surface area contributed by atoms with E-state index < -0.39 is 10.9 Å². The first-order chi connectivity index (χ1) is 10.0. The van der Waals surface area contributed by atoms with Gasteiger partial charge in [-0.15, -0.1) is 0 Å². The second-order valence-electron chi connectivity index (χ2n) is 3.98. The Morgan fingerprint density at radius 3 is 2.86 bits per heavy atom. The minimum Gasteiger partial charge on any atom is -0.465 e. The molecular weight excluding hydrogens is 342 g/mol. The molecule has 0 aliphatic rings. The average Bonchev–Trinajstić information content (AvgIpc) is 2.48. The second-order valence-corrected chi connectivity index (χ2v) is 4.89. The quantitative estimate of drug-likeness (QED) is 0.516. The highest BCUT2D eigenvalue weighted by Crippen LogP contribution is 2.28. The molecule has 0 saturated carbocycles. The number of halogens is 1. The summed E-state index contributed by atoms with van der Waals surface area (Å²) in [6, 6.07) is 7.76. The molecule has 0 spiro atoms. The number of nitrogens with one attached hydrogen (secondary N) is 1. The van der Waals surface area contributed by atoms with Crippen molar-refractivity contribution in [1.82, 2.24) is 4.98 Å². The highest BCUT2D eigenvalue weighted by atomic mass is 79.9. The Labute approximate surface area is 128 Å². The number of carbonyl (C=O) groups excluding carboxylic acids is 1. The van der Waals surface area contributed by atoms with E-state index in [4.69, 9.17) is 0 Å². The molecule has 0 fully saturated rings. The smallest absolute Gasteiger partial charge is 0.337 e. The van der Waals surface area contributed by atoms with Crippen LogP contribution in [0.5, 0.6) is 0 Å². The number of nitro groups is 1. The molecule has 1 heterocycles. The van der Waals surface area contributed by atoms with Gasteiger partial charge in [-0.2, -0.15) is 0 Å². The Balaban J connectivity index is 2.34. The van der Waals surface area contributed by atoms with Gasteiger partial charge in [-0.25, -0.2) is 9.78 Å². The summed E-state index contributed by atoms with van der Waals surface area (Å²) < 4.78 is 5.13. The van der Waals surface area contributed by atoms with Gasteiger partial charge in [-0.1, -0.05) is 6.07 Å². The fourth-order valence-electron chi connectivity index (χ4n) is 1.64. The monoisotopic (exact) mass is 351 g/mol. The molecular formula is C13H10BrN3O4. The molecule has 0 aliphatic carbocycles. The Bertz CT molecular complexity index is 706. The van der Waals surface area contributed by atoms with Crippen LogP contribution in [0.2, 0.25) is 0 Å². The van der Waals surface area contributed by atoms with Gasteiger partial charge < -0.3 is 10.1 Å². The number of hydrogen-bond donors (Lipinski definition) is 1. The highest BCUT2D eigenvalue weighted by molar-refractivity contribution is 9.10. The van der Waals surface area contributed by atoms with E-state index in [0.717, 1.165) is 0 Å². The van der Waals surface area contributed by atoms with Gasteiger partial charge in [0.1, 0.15) is 0 Å². The number of nitrogens with zero attached hydrogens (tertiary/aromatic N) is 2. The van der Waals surface area contributed by atoms with Gasteiger partial charge in [0.25, 0.3) is 0 Å². The SMILES string of the molecule is COC(=O)c1cccc(Nc2ncc(Br)cc2[N+](=O)[O-])c1. The van der Waals surface area contributed by atoms with Gasteiger partial charge in [0.2, 0.25) is 5.82 Å². The van der Waals surface area contributed by atoms with Crippen LogP contribution in [0.15, 0.2) is 41.0 Å². The van der Waals surface area contributed by atoms with Crippen molar-refractivity contribution in [3.05, 3.63) is 56.7 Å². The van der Waals surface area contributed by atoms with E-state index in [1.807, 2.05) is 0 Å². The van der Waals surface area contributed by atoms with Crippen molar-refractivity contribution in [1.29, 1.82) is 0 Å². The molecule has 0 unspecified atom stereocenters. The maximum Gasteiger partial charge on any atom is 0.337 e. The lowest BCUT2D eigenvalue weighted by molar-refractivity contribution is -0.384. The van der Waals surface area contributed by atoms with E-state index in [1.165, 1.54) is 25.4 Å². The molecule has 7 nitrogen and oxygen atoms in total. The van der Waals surface area contributed by atoms with Crippen molar-refractivity contribution >= 4 is 39.1 Å². The third-order valence-electron chi connectivity index (χ3n) is 2.58. The normalized spacial score (nSPS) is 10.0. The predicted octanol–water partition coefficient (Wildman–Crippen LogP) is 3.28. The molecule has 1 aromatic heterocycles. The summed E-state index contributed by atoms with van der Waals surface area (Å²) in [6.45, 7) is 0. The third-order valence-corrected chi connectivity index (χ3v) is 3.01. The van der Waals surface area contributed by atoms with Crippen molar-refractivity contribution < 1.29 is 14.5 Å². The summed E-state index contributed by atoms with van der Waals surface area (Å²) in [7, 11) is 1.28. The Kier molecular flexibility index (Phi) is 4.49. The predicted molar refractivity (Wildman–Crippen MR) is 79.7 cm³/mol. The van der Waals surface area contributed by atoms with E-state index in [0.29, 0.717) is 15.7 Å². The largest absolute Gasteiger partial charge is 0.465 e. The number of aromatic nitrogens is 1. The number of rotatable bonds is 4. The average molecular weight is 352 g/mol. The van der Waals surface area contributed by atoms with Crippen LogP contribution in [0, 0.1) is 10.1 Å².